The summed E-state index contributed by atoms with van der Waals surface area (Å²) in [5.41, 5.74) is 0. The SMILES string of the molecule is CCNC(=NCC1CN(C)CCO1)NC1CCC(C(C)C)CC1.I. The highest BCUT2D eigenvalue weighted by molar-refractivity contribution is 14.0. The quantitative estimate of drug-likeness (QED) is 0.383. The molecule has 1 saturated carbocycles. The van der Waals surface area contributed by atoms with Crippen LogP contribution >= 0.6 is 24.0 Å². The lowest BCUT2D eigenvalue weighted by Gasteiger charge is -2.32. The molecule has 2 fully saturated rings. The second-order valence-electron chi connectivity index (χ2n) is 7.47. The van der Waals surface area contributed by atoms with E-state index in [9.17, 15) is 0 Å². The number of rotatable bonds is 5. The molecule has 1 aliphatic carbocycles. The van der Waals surface area contributed by atoms with Crippen molar-refractivity contribution in [3.05, 3.63) is 0 Å². The molecule has 6 heteroatoms. The van der Waals surface area contributed by atoms with Gasteiger partial charge in [0.05, 0.1) is 19.3 Å². The highest BCUT2D eigenvalue weighted by atomic mass is 127. The van der Waals surface area contributed by atoms with Gasteiger partial charge in [-0.05, 0) is 51.5 Å². The Kier molecular flexibility index (Phi) is 10.5. The van der Waals surface area contributed by atoms with Gasteiger partial charge in [0.15, 0.2) is 5.96 Å². The summed E-state index contributed by atoms with van der Waals surface area (Å²) >= 11 is 0. The predicted molar refractivity (Wildman–Crippen MR) is 112 cm³/mol. The smallest absolute Gasteiger partial charge is 0.191 e. The third kappa shape index (κ3) is 7.44. The molecule has 1 unspecified atom stereocenters. The Hall–Kier alpha value is -0.0800. The number of hydrogen-bond acceptors (Lipinski definition) is 3. The second-order valence-corrected chi connectivity index (χ2v) is 7.47. The summed E-state index contributed by atoms with van der Waals surface area (Å²) in [5.74, 6) is 2.68. The molecule has 24 heavy (non-hydrogen) atoms. The Morgan fingerprint density at radius 2 is 1.96 bits per heavy atom. The van der Waals surface area contributed by atoms with Crippen LogP contribution in [0.2, 0.25) is 0 Å². The Balaban J connectivity index is 0.00000288. The average molecular weight is 452 g/mol. The van der Waals surface area contributed by atoms with Gasteiger partial charge in [-0.15, -0.1) is 24.0 Å². The fourth-order valence-electron chi connectivity index (χ4n) is 3.61. The maximum absolute atomic E-state index is 5.80. The van der Waals surface area contributed by atoms with E-state index in [-0.39, 0.29) is 30.1 Å². The van der Waals surface area contributed by atoms with E-state index in [0.29, 0.717) is 6.04 Å². The van der Waals surface area contributed by atoms with Gasteiger partial charge < -0.3 is 20.3 Å². The van der Waals surface area contributed by atoms with Gasteiger partial charge in [0.2, 0.25) is 0 Å². The Labute approximate surface area is 165 Å². The van der Waals surface area contributed by atoms with E-state index in [1.807, 2.05) is 0 Å². The fraction of sp³-hybridized carbons (Fsp3) is 0.944. The first-order valence-electron chi connectivity index (χ1n) is 9.43. The van der Waals surface area contributed by atoms with Crippen LogP contribution in [0.5, 0.6) is 0 Å². The van der Waals surface area contributed by atoms with Crippen LogP contribution in [0, 0.1) is 11.8 Å². The molecule has 1 heterocycles. The normalized spacial score (nSPS) is 29.2. The van der Waals surface area contributed by atoms with Gasteiger partial charge in [0.25, 0.3) is 0 Å². The molecule has 0 aromatic carbocycles. The zero-order valence-corrected chi connectivity index (χ0v) is 18.2. The lowest BCUT2D eigenvalue weighted by atomic mass is 9.80. The summed E-state index contributed by atoms with van der Waals surface area (Å²) in [5, 5.41) is 7.02. The van der Waals surface area contributed by atoms with E-state index < -0.39 is 0 Å². The van der Waals surface area contributed by atoms with Gasteiger partial charge in [0, 0.05) is 25.7 Å². The first-order valence-corrected chi connectivity index (χ1v) is 9.43. The van der Waals surface area contributed by atoms with Crippen molar-refractivity contribution in [1.29, 1.82) is 0 Å². The lowest BCUT2D eigenvalue weighted by molar-refractivity contribution is -0.0136. The van der Waals surface area contributed by atoms with Crippen LogP contribution in [0.15, 0.2) is 4.99 Å². The van der Waals surface area contributed by atoms with Crippen molar-refractivity contribution in [2.45, 2.75) is 58.6 Å². The lowest BCUT2D eigenvalue weighted by Crippen LogP contribution is -2.46. The minimum atomic E-state index is 0. The molecule has 2 aliphatic rings. The van der Waals surface area contributed by atoms with Gasteiger partial charge in [-0.1, -0.05) is 13.8 Å². The standard InChI is InChI=1S/C18H36N4O.HI/c1-5-19-18(20-12-17-13-22(4)10-11-23-17)21-16-8-6-15(7-9-16)14(2)3;/h14-17H,5-13H2,1-4H3,(H2,19,20,21);1H. The molecule has 0 amide bonds. The van der Waals surface area contributed by atoms with E-state index in [1.165, 1.54) is 25.7 Å². The summed E-state index contributed by atoms with van der Waals surface area (Å²) in [4.78, 5) is 7.08. The molecular formula is C18H37IN4O. The number of nitrogens with zero attached hydrogens (tertiary/aromatic N) is 2. The van der Waals surface area contributed by atoms with Crippen LogP contribution in [-0.4, -0.2) is 62.8 Å². The van der Waals surface area contributed by atoms with Crippen molar-refractivity contribution >= 4 is 29.9 Å². The van der Waals surface area contributed by atoms with E-state index in [4.69, 9.17) is 9.73 Å². The van der Waals surface area contributed by atoms with Crippen molar-refractivity contribution in [2.75, 3.05) is 39.8 Å². The molecule has 0 bridgehead atoms. The number of ether oxygens (including phenoxy) is 1. The van der Waals surface area contributed by atoms with E-state index in [0.717, 1.165) is 50.6 Å². The van der Waals surface area contributed by atoms with Crippen LogP contribution in [0.3, 0.4) is 0 Å². The third-order valence-corrected chi connectivity index (χ3v) is 5.19. The largest absolute Gasteiger partial charge is 0.374 e. The number of nitrogens with one attached hydrogen (secondary N) is 2. The molecule has 2 rings (SSSR count). The van der Waals surface area contributed by atoms with Crippen molar-refractivity contribution in [3.63, 3.8) is 0 Å². The van der Waals surface area contributed by atoms with Crippen molar-refractivity contribution in [3.8, 4) is 0 Å². The van der Waals surface area contributed by atoms with Gasteiger partial charge in [-0.25, -0.2) is 0 Å². The maximum atomic E-state index is 5.80. The minimum Gasteiger partial charge on any atom is -0.374 e. The van der Waals surface area contributed by atoms with Crippen LogP contribution in [0.1, 0.15) is 46.5 Å². The van der Waals surface area contributed by atoms with Crippen LogP contribution < -0.4 is 10.6 Å². The first-order chi connectivity index (χ1) is 11.1. The summed E-state index contributed by atoms with van der Waals surface area (Å²) in [6, 6.07) is 0.567. The van der Waals surface area contributed by atoms with Crippen molar-refractivity contribution < 1.29 is 4.74 Å². The Bertz CT molecular complexity index is 370. The zero-order valence-electron chi connectivity index (χ0n) is 15.9. The van der Waals surface area contributed by atoms with Crippen LogP contribution in [0.25, 0.3) is 0 Å². The highest BCUT2D eigenvalue weighted by Gasteiger charge is 2.24. The van der Waals surface area contributed by atoms with E-state index in [1.54, 1.807) is 0 Å². The Morgan fingerprint density at radius 3 is 2.54 bits per heavy atom. The average Bonchev–Trinajstić information content (AvgIpc) is 2.53. The second kappa shape index (κ2) is 11.5. The van der Waals surface area contributed by atoms with Gasteiger partial charge in [-0.2, -0.15) is 0 Å². The number of guanidine groups is 1. The molecule has 2 N–H and O–H groups in total. The predicted octanol–water partition coefficient (Wildman–Crippen LogP) is 2.70. The van der Waals surface area contributed by atoms with Crippen LogP contribution in [-0.2, 0) is 4.74 Å². The molecular weight excluding hydrogens is 415 g/mol. The monoisotopic (exact) mass is 452 g/mol. The van der Waals surface area contributed by atoms with Crippen LogP contribution in [0.4, 0.5) is 0 Å². The van der Waals surface area contributed by atoms with Gasteiger partial charge in [0.1, 0.15) is 0 Å². The molecule has 0 spiro atoms. The Morgan fingerprint density at radius 1 is 1.25 bits per heavy atom. The molecule has 1 aliphatic heterocycles. The van der Waals surface area contributed by atoms with Gasteiger partial charge >= 0.3 is 0 Å². The van der Waals surface area contributed by atoms with Gasteiger partial charge in [-0.3, -0.25) is 4.99 Å². The fourth-order valence-corrected chi connectivity index (χ4v) is 3.61. The molecule has 1 atom stereocenters. The highest BCUT2D eigenvalue weighted by Crippen LogP contribution is 2.29. The molecule has 5 nitrogen and oxygen atoms in total. The summed E-state index contributed by atoms with van der Waals surface area (Å²) < 4.78 is 5.80. The summed E-state index contributed by atoms with van der Waals surface area (Å²) in [6.45, 7) is 11.3. The molecule has 0 radical (unpaired) electrons. The number of likely N-dealkylation sites (N-methyl/N-ethyl adjacent to an activating group) is 1. The van der Waals surface area contributed by atoms with Crippen molar-refractivity contribution in [1.82, 2.24) is 15.5 Å². The third-order valence-electron chi connectivity index (χ3n) is 5.19. The molecule has 1 saturated heterocycles. The van der Waals surface area contributed by atoms with E-state index in [2.05, 4.69) is 43.4 Å². The zero-order chi connectivity index (χ0) is 16.7. The first kappa shape index (κ1) is 22.0. The number of halogens is 1. The topological polar surface area (TPSA) is 48.9 Å². The summed E-state index contributed by atoms with van der Waals surface area (Å²) in [7, 11) is 2.15. The molecule has 142 valence electrons. The number of hydrogen-bond donors (Lipinski definition) is 2. The number of morpholine rings is 1. The molecule has 0 aromatic rings. The summed E-state index contributed by atoms with van der Waals surface area (Å²) in [6.07, 6.45) is 5.42. The van der Waals surface area contributed by atoms with E-state index >= 15 is 0 Å². The molecule has 0 aromatic heterocycles. The minimum absolute atomic E-state index is 0. The maximum Gasteiger partial charge on any atom is 0.191 e. The number of aliphatic imine (C=N–C) groups is 1. The van der Waals surface area contributed by atoms with Crippen molar-refractivity contribution in [2.24, 2.45) is 16.8 Å².